The zero-order valence-electron chi connectivity index (χ0n) is 11.2. The second-order valence-corrected chi connectivity index (χ2v) is 5.72. The molecule has 1 aliphatic rings. The van der Waals surface area contributed by atoms with Crippen LogP contribution in [0.25, 0.3) is 0 Å². The molecule has 1 saturated carbocycles. The largest absolute Gasteiger partial charge is 0.0823 e. The summed E-state index contributed by atoms with van der Waals surface area (Å²) in [6.07, 6.45) is 4.90. The summed E-state index contributed by atoms with van der Waals surface area (Å²) in [4.78, 5) is 0. The molecule has 0 amide bonds. The predicted octanol–water partition coefficient (Wildman–Crippen LogP) is 2.08. The minimum atomic E-state index is -0.0360. The average molecular weight is 227 g/mol. The molecule has 18 heavy (non-hydrogen) atoms. The van der Waals surface area contributed by atoms with Gasteiger partial charge in [-0.3, -0.25) is 0 Å². The summed E-state index contributed by atoms with van der Waals surface area (Å²) >= 11 is 0. The monoisotopic (exact) mass is 228 g/mol. The smallest absolute Gasteiger partial charge is 0.0693 e. The van der Waals surface area contributed by atoms with Crippen LogP contribution in [0.3, 0.4) is 0 Å². The van der Waals surface area contributed by atoms with Crippen molar-refractivity contribution in [3.05, 3.63) is 0 Å². The average Bonchev–Trinajstić information content (AvgIpc) is 2.36. The molecule has 0 nitrogen and oxygen atoms in total. The van der Waals surface area contributed by atoms with Gasteiger partial charge in [0, 0.05) is 0 Å². The molecule has 1 fully saturated rings. The van der Waals surface area contributed by atoms with Crippen molar-refractivity contribution in [2.24, 2.45) is 0 Å². The maximum atomic E-state index is 6.05. The SMILES string of the molecule is [B]C1CCC([B])C([B])CCC([B])C([B])CCC1[B]. The van der Waals surface area contributed by atoms with E-state index in [4.69, 9.17) is 47.1 Å². The molecule has 0 heterocycles. The van der Waals surface area contributed by atoms with Gasteiger partial charge < -0.3 is 0 Å². The van der Waals surface area contributed by atoms with Crippen LogP contribution in [0.4, 0.5) is 0 Å². The van der Waals surface area contributed by atoms with Crippen LogP contribution >= 0.6 is 0 Å². The van der Waals surface area contributed by atoms with Gasteiger partial charge in [0.1, 0.15) is 0 Å². The van der Waals surface area contributed by atoms with E-state index in [1.54, 1.807) is 0 Å². The summed E-state index contributed by atoms with van der Waals surface area (Å²) in [5.41, 5.74) is 0. The fourth-order valence-electron chi connectivity index (χ4n) is 2.44. The van der Waals surface area contributed by atoms with Crippen molar-refractivity contribution >= 4 is 47.1 Å². The molecule has 0 aromatic rings. The summed E-state index contributed by atoms with van der Waals surface area (Å²) in [5, 5.41) is 0. The summed E-state index contributed by atoms with van der Waals surface area (Å²) in [6, 6.07) is 0. The van der Waals surface area contributed by atoms with E-state index in [0.717, 1.165) is 38.5 Å². The minimum absolute atomic E-state index is 0.0360. The molecule has 0 N–H and O–H groups in total. The second-order valence-electron chi connectivity index (χ2n) is 5.72. The summed E-state index contributed by atoms with van der Waals surface area (Å²) < 4.78 is 0. The molecule has 84 valence electrons. The maximum Gasteiger partial charge on any atom is 0.0693 e. The molecule has 0 aromatic carbocycles. The zero-order valence-corrected chi connectivity index (χ0v) is 11.2. The summed E-state index contributed by atoms with van der Waals surface area (Å²) in [6.45, 7) is 0. The zero-order chi connectivity index (χ0) is 13.7. The molecule has 0 bridgehead atoms. The van der Waals surface area contributed by atoms with Gasteiger partial charge in [-0.25, -0.2) is 0 Å². The molecule has 0 spiro atoms. The molecular formula is C12H18B6. The highest BCUT2D eigenvalue weighted by Crippen LogP contribution is 2.40. The molecular weight excluding hydrogens is 209 g/mol. The van der Waals surface area contributed by atoms with Crippen LogP contribution in [-0.4, -0.2) is 47.1 Å². The Hall–Kier alpha value is 0.390. The number of hydrogen-bond donors (Lipinski definition) is 0. The van der Waals surface area contributed by atoms with E-state index in [0.29, 0.717) is 0 Å². The first kappa shape index (κ1) is 16.4. The van der Waals surface area contributed by atoms with Crippen LogP contribution in [0.5, 0.6) is 0 Å². The van der Waals surface area contributed by atoms with Crippen molar-refractivity contribution in [3.63, 3.8) is 0 Å². The Morgan fingerprint density at radius 2 is 0.444 bits per heavy atom. The number of rotatable bonds is 0. The van der Waals surface area contributed by atoms with Crippen molar-refractivity contribution in [1.82, 2.24) is 0 Å². The van der Waals surface area contributed by atoms with Gasteiger partial charge in [-0.1, -0.05) is 73.4 Å². The minimum Gasteiger partial charge on any atom is -0.0823 e. The second kappa shape index (κ2) is 7.85. The van der Waals surface area contributed by atoms with Crippen molar-refractivity contribution in [2.45, 2.75) is 73.4 Å². The van der Waals surface area contributed by atoms with Crippen molar-refractivity contribution in [3.8, 4) is 0 Å². The van der Waals surface area contributed by atoms with Crippen molar-refractivity contribution in [2.75, 3.05) is 0 Å². The Morgan fingerprint density at radius 1 is 0.333 bits per heavy atom. The van der Waals surface area contributed by atoms with E-state index >= 15 is 0 Å². The van der Waals surface area contributed by atoms with Crippen LogP contribution in [0.2, 0.25) is 34.9 Å². The van der Waals surface area contributed by atoms with E-state index < -0.39 is 0 Å². The predicted molar refractivity (Wildman–Crippen MR) is 84.7 cm³/mol. The molecule has 1 aliphatic carbocycles. The Balaban J connectivity index is 2.61. The fourth-order valence-corrected chi connectivity index (χ4v) is 2.44. The standard InChI is InChI=1S/C12H18B6/c13-7-1-2-8(14)10(16)5-6-12(18)11(17)4-3-9(7)15/h7-12H,1-6H2. The van der Waals surface area contributed by atoms with Crippen LogP contribution in [0, 0.1) is 0 Å². The fraction of sp³-hybridized carbons (Fsp3) is 1.00. The molecule has 0 aliphatic heterocycles. The Morgan fingerprint density at radius 3 is 0.556 bits per heavy atom. The van der Waals surface area contributed by atoms with Crippen LogP contribution in [0.15, 0.2) is 0 Å². The Bertz CT molecular complexity index is 175. The van der Waals surface area contributed by atoms with Gasteiger partial charge in [0.15, 0.2) is 0 Å². The molecule has 1 rings (SSSR count). The first-order valence-corrected chi connectivity index (χ1v) is 6.95. The van der Waals surface area contributed by atoms with E-state index in [2.05, 4.69) is 0 Å². The van der Waals surface area contributed by atoms with E-state index in [-0.39, 0.29) is 34.9 Å². The Labute approximate surface area is 121 Å². The van der Waals surface area contributed by atoms with Crippen LogP contribution in [-0.2, 0) is 0 Å². The van der Waals surface area contributed by atoms with Gasteiger partial charge in [-0.05, 0) is 0 Å². The lowest BCUT2D eigenvalue weighted by atomic mass is 9.54. The van der Waals surface area contributed by atoms with Gasteiger partial charge in [0.2, 0.25) is 0 Å². The van der Waals surface area contributed by atoms with Gasteiger partial charge in [0.05, 0.1) is 47.1 Å². The summed E-state index contributed by atoms with van der Waals surface area (Å²) in [5.74, 6) is -0.216. The first-order chi connectivity index (χ1) is 8.41. The molecule has 6 unspecified atom stereocenters. The van der Waals surface area contributed by atoms with E-state index in [1.165, 1.54) is 0 Å². The van der Waals surface area contributed by atoms with Gasteiger partial charge in [-0.15, -0.1) is 0 Å². The van der Waals surface area contributed by atoms with Gasteiger partial charge >= 0.3 is 0 Å². The lowest BCUT2D eigenvalue weighted by Crippen LogP contribution is -2.13. The molecule has 0 aromatic heterocycles. The van der Waals surface area contributed by atoms with E-state index in [9.17, 15) is 0 Å². The normalized spacial score (nSPS) is 44.7. The lowest BCUT2D eigenvalue weighted by molar-refractivity contribution is 0.504. The molecule has 6 atom stereocenters. The first-order valence-electron chi connectivity index (χ1n) is 6.95. The quantitative estimate of drug-likeness (QED) is 0.556. The maximum absolute atomic E-state index is 6.05. The summed E-state index contributed by atoms with van der Waals surface area (Å²) in [7, 11) is 36.3. The third-order valence-electron chi connectivity index (χ3n) is 4.15. The third kappa shape index (κ3) is 5.17. The van der Waals surface area contributed by atoms with Crippen LogP contribution < -0.4 is 0 Å². The van der Waals surface area contributed by atoms with E-state index in [1.807, 2.05) is 0 Å². The molecule has 6 heteroatoms. The van der Waals surface area contributed by atoms with Crippen molar-refractivity contribution in [1.29, 1.82) is 0 Å². The highest BCUT2D eigenvalue weighted by Gasteiger charge is 2.20. The highest BCUT2D eigenvalue weighted by molar-refractivity contribution is 6.23. The Kier molecular flexibility index (Phi) is 7.17. The third-order valence-corrected chi connectivity index (χ3v) is 4.15. The molecule has 0 saturated heterocycles. The lowest BCUT2D eigenvalue weighted by Gasteiger charge is -2.30. The van der Waals surface area contributed by atoms with Crippen LogP contribution in [0.1, 0.15) is 38.5 Å². The van der Waals surface area contributed by atoms with Gasteiger partial charge in [-0.2, -0.15) is 0 Å². The molecule has 12 radical (unpaired) electrons. The number of hydrogen-bond acceptors (Lipinski definition) is 0. The highest BCUT2D eigenvalue weighted by atomic mass is 14.2. The van der Waals surface area contributed by atoms with Gasteiger partial charge in [0.25, 0.3) is 0 Å². The van der Waals surface area contributed by atoms with Crippen molar-refractivity contribution < 1.29 is 0 Å². The topological polar surface area (TPSA) is 0 Å².